The molecule has 0 saturated carbocycles. The number of hydrogen-bond acceptors (Lipinski definition) is 6. The van der Waals surface area contributed by atoms with Gasteiger partial charge in [0.15, 0.2) is 0 Å². The lowest BCUT2D eigenvalue weighted by Gasteiger charge is -2.27. The van der Waals surface area contributed by atoms with Crippen LogP contribution in [0.2, 0.25) is 0 Å². The number of amides is 2. The molecule has 4 heterocycles. The standard InChI is InChI=1S/C21H24N6O3/c1-13-19(14(2)30-25-13)21(29)27-11-7-18-16(12-27)17(24-26(18)3)6-10-23-20(28)15-4-8-22-9-5-15/h4-5,8-9H,6-7,10-12H2,1-3H3,(H,23,28). The smallest absolute Gasteiger partial charge is 0.259 e. The fourth-order valence-corrected chi connectivity index (χ4v) is 3.89. The third kappa shape index (κ3) is 3.70. The summed E-state index contributed by atoms with van der Waals surface area (Å²) in [4.78, 5) is 31.0. The highest BCUT2D eigenvalue weighted by Gasteiger charge is 2.29. The van der Waals surface area contributed by atoms with E-state index in [2.05, 4.69) is 20.6 Å². The predicted octanol–water partition coefficient (Wildman–Crippen LogP) is 1.59. The van der Waals surface area contributed by atoms with Crippen LogP contribution in [0, 0.1) is 13.8 Å². The summed E-state index contributed by atoms with van der Waals surface area (Å²) >= 11 is 0. The van der Waals surface area contributed by atoms with Crippen molar-refractivity contribution >= 4 is 11.8 Å². The van der Waals surface area contributed by atoms with Crippen molar-refractivity contribution in [1.82, 2.24) is 30.1 Å². The number of aryl methyl sites for hydroxylation is 3. The highest BCUT2D eigenvalue weighted by atomic mass is 16.5. The minimum Gasteiger partial charge on any atom is -0.361 e. The first-order chi connectivity index (χ1) is 14.5. The van der Waals surface area contributed by atoms with E-state index in [1.807, 2.05) is 16.6 Å². The van der Waals surface area contributed by atoms with E-state index in [0.29, 0.717) is 48.6 Å². The number of aromatic nitrogens is 4. The Bertz CT molecular complexity index is 1070. The van der Waals surface area contributed by atoms with Crippen molar-refractivity contribution < 1.29 is 14.1 Å². The highest BCUT2D eigenvalue weighted by molar-refractivity contribution is 5.96. The molecule has 1 aliphatic heterocycles. The van der Waals surface area contributed by atoms with Crippen LogP contribution in [0.25, 0.3) is 0 Å². The van der Waals surface area contributed by atoms with E-state index in [9.17, 15) is 9.59 Å². The van der Waals surface area contributed by atoms with E-state index < -0.39 is 0 Å². The molecule has 9 heteroatoms. The summed E-state index contributed by atoms with van der Waals surface area (Å²) in [5.74, 6) is 0.323. The summed E-state index contributed by atoms with van der Waals surface area (Å²) in [5, 5.41) is 11.5. The summed E-state index contributed by atoms with van der Waals surface area (Å²) in [5.41, 5.74) is 4.81. The van der Waals surface area contributed by atoms with Gasteiger partial charge in [-0.1, -0.05) is 5.16 Å². The van der Waals surface area contributed by atoms with Gasteiger partial charge in [-0.3, -0.25) is 19.3 Å². The van der Waals surface area contributed by atoms with Crippen LogP contribution in [0.4, 0.5) is 0 Å². The highest BCUT2D eigenvalue weighted by Crippen LogP contribution is 2.25. The lowest BCUT2D eigenvalue weighted by Crippen LogP contribution is -2.37. The second kappa shape index (κ2) is 8.10. The van der Waals surface area contributed by atoms with Gasteiger partial charge in [0.25, 0.3) is 11.8 Å². The molecule has 0 saturated heterocycles. The van der Waals surface area contributed by atoms with Gasteiger partial charge >= 0.3 is 0 Å². The lowest BCUT2D eigenvalue weighted by atomic mass is 10.0. The molecular weight excluding hydrogens is 384 g/mol. The largest absolute Gasteiger partial charge is 0.361 e. The molecule has 0 fully saturated rings. The van der Waals surface area contributed by atoms with Crippen LogP contribution in [0.3, 0.4) is 0 Å². The quantitative estimate of drug-likeness (QED) is 0.687. The second-order valence-corrected chi connectivity index (χ2v) is 7.41. The molecule has 30 heavy (non-hydrogen) atoms. The summed E-state index contributed by atoms with van der Waals surface area (Å²) in [7, 11) is 1.92. The van der Waals surface area contributed by atoms with Gasteiger partial charge in [0.1, 0.15) is 11.3 Å². The zero-order valence-electron chi connectivity index (χ0n) is 17.3. The summed E-state index contributed by atoms with van der Waals surface area (Å²) in [6.45, 7) is 5.10. The van der Waals surface area contributed by atoms with Crippen LogP contribution >= 0.6 is 0 Å². The maximum Gasteiger partial charge on any atom is 0.259 e. The molecule has 9 nitrogen and oxygen atoms in total. The number of pyridine rings is 1. The Morgan fingerprint density at radius 2 is 2.00 bits per heavy atom. The minimum atomic E-state index is -0.141. The Labute approximate surface area is 174 Å². The van der Waals surface area contributed by atoms with Crippen LogP contribution < -0.4 is 5.32 Å². The van der Waals surface area contributed by atoms with E-state index in [4.69, 9.17) is 4.52 Å². The molecule has 156 valence electrons. The van der Waals surface area contributed by atoms with Crippen molar-refractivity contribution in [3.63, 3.8) is 0 Å². The van der Waals surface area contributed by atoms with Crippen molar-refractivity contribution in [2.45, 2.75) is 33.2 Å². The third-order valence-corrected chi connectivity index (χ3v) is 5.45. The first kappa shape index (κ1) is 19.8. The topological polar surface area (TPSA) is 106 Å². The van der Waals surface area contributed by atoms with Crippen LogP contribution in [-0.2, 0) is 26.4 Å². The minimum absolute atomic E-state index is 0.0716. The van der Waals surface area contributed by atoms with E-state index in [-0.39, 0.29) is 11.8 Å². The Balaban J connectivity index is 1.45. The molecule has 0 atom stereocenters. The molecule has 3 aromatic rings. The zero-order valence-corrected chi connectivity index (χ0v) is 17.3. The van der Waals surface area contributed by atoms with Gasteiger partial charge in [0.05, 0.1) is 11.4 Å². The molecule has 1 N–H and O–H groups in total. The van der Waals surface area contributed by atoms with E-state index in [1.54, 1.807) is 38.4 Å². The van der Waals surface area contributed by atoms with E-state index in [1.165, 1.54) is 0 Å². The van der Waals surface area contributed by atoms with Gasteiger partial charge in [-0.25, -0.2) is 0 Å². The SMILES string of the molecule is Cc1noc(C)c1C(=O)N1CCc2c(c(CCNC(=O)c3ccncc3)nn2C)C1. The first-order valence-electron chi connectivity index (χ1n) is 9.89. The molecule has 0 spiro atoms. The Morgan fingerprint density at radius 3 is 2.70 bits per heavy atom. The fourth-order valence-electron chi connectivity index (χ4n) is 3.89. The number of carbonyl (C=O) groups is 2. The Morgan fingerprint density at radius 1 is 1.23 bits per heavy atom. The van der Waals surface area contributed by atoms with Crippen molar-refractivity contribution in [3.05, 3.63) is 64.1 Å². The number of hydrogen-bond donors (Lipinski definition) is 1. The van der Waals surface area contributed by atoms with Crippen molar-refractivity contribution in [1.29, 1.82) is 0 Å². The number of nitrogens with zero attached hydrogens (tertiary/aromatic N) is 5. The average molecular weight is 408 g/mol. The molecule has 0 aromatic carbocycles. The maximum absolute atomic E-state index is 13.0. The summed E-state index contributed by atoms with van der Waals surface area (Å²) in [6, 6.07) is 3.35. The van der Waals surface area contributed by atoms with Gasteiger partial charge in [-0.2, -0.15) is 5.10 Å². The first-order valence-corrected chi connectivity index (χ1v) is 9.89. The Kier molecular flexibility index (Phi) is 5.35. The molecular formula is C21H24N6O3. The predicted molar refractivity (Wildman–Crippen MR) is 108 cm³/mol. The number of carbonyl (C=O) groups excluding carboxylic acids is 2. The van der Waals surface area contributed by atoms with Crippen molar-refractivity contribution in [2.75, 3.05) is 13.1 Å². The van der Waals surface area contributed by atoms with Gasteiger partial charge in [0, 0.05) is 68.7 Å². The molecule has 0 bridgehead atoms. The van der Waals surface area contributed by atoms with Crippen LogP contribution in [-0.4, -0.2) is 49.7 Å². The maximum atomic E-state index is 13.0. The molecule has 3 aromatic heterocycles. The van der Waals surface area contributed by atoms with Crippen LogP contribution in [0.15, 0.2) is 29.0 Å². The van der Waals surface area contributed by atoms with E-state index >= 15 is 0 Å². The second-order valence-electron chi connectivity index (χ2n) is 7.41. The van der Waals surface area contributed by atoms with Gasteiger partial charge in [-0.05, 0) is 26.0 Å². The summed E-state index contributed by atoms with van der Waals surface area (Å²) in [6.07, 6.45) is 4.51. The van der Waals surface area contributed by atoms with Crippen molar-refractivity contribution in [3.8, 4) is 0 Å². The number of nitrogens with one attached hydrogen (secondary N) is 1. The number of fused-ring (bicyclic) bond motifs is 1. The normalized spacial score (nSPS) is 13.2. The van der Waals surface area contributed by atoms with Gasteiger partial charge in [0.2, 0.25) is 0 Å². The van der Waals surface area contributed by atoms with Gasteiger partial charge in [-0.15, -0.1) is 0 Å². The average Bonchev–Trinajstić information content (AvgIpc) is 3.26. The number of rotatable bonds is 5. The molecule has 2 amide bonds. The zero-order chi connectivity index (χ0) is 21.3. The fraction of sp³-hybridized carbons (Fsp3) is 0.381. The third-order valence-electron chi connectivity index (χ3n) is 5.45. The van der Waals surface area contributed by atoms with E-state index in [0.717, 1.165) is 23.4 Å². The monoisotopic (exact) mass is 408 g/mol. The molecule has 4 rings (SSSR count). The lowest BCUT2D eigenvalue weighted by molar-refractivity contribution is 0.0730. The van der Waals surface area contributed by atoms with Crippen LogP contribution in [0.1, 0.15) is 49.1 Å². The Hall–Kier alpha value is -3.49. The molecule has 1 aliphatic rings. The molecule has 0 aliphatic carbocycles. The molecule has 0 radical (unpaired) electrons. The van der Waals surface area contributed by atoms with Crippen molar-refractivity contribution in [2.24, 2.45) is 7.05 Å². The van der Waals surface area contributed by atoms with Crippen LogP contribution in [0.5, 0.6) is 0 Å². The summed E-state index contributed by atoms with van der Waals surface area (Å²) < 4.78 is 7.04. The van der Waals surface area contributed by atoms with Gasteiger partial charge < -0.3 is 14.7 Å². The molecule has 0 unspecified atom stereocenters.